The summed E-state index contributed by atoms with van der Waals surface area (Å²) in [6.07, 6.45) is 0. The van der Waals surface area contributed by atoms with Crippen LogP contribution in [0.2, 0.25) is 0 Å². The van der Waals surface area contributed by atoms with Crippen molar-refractivity contribution >= 4 is 23.6 Å². The van der Waals surface area contributed by atoms with Gasteiger partial charge in [0.15, 0.2) is 0 Å². The average molecular weight is 135 g/mol. The number of nitrogens with one attached hydrogen (secondary N) is 1. The molecule has 1 saturated heterocycles. The molecule has 2 amide bonds. The van der Waals surface area contributed by atoms with Gasteiger partial charge in [0.25, 0.3) is 0 Å². The number of amides is 2. The Kier molecular flexibility index (Phi) is 0.649. The van der Waals surface area contributed by atoms with Gasteiger partial charge < -0.3 is 0 Å². The van der Waals surface area contributed by atoms with Crippen molar-refractivity contribution in [3.63, 3.8) is 0 Å². The highest BCUT2D eigenvalue weighted by Gasteiger charge is 2.13. The summed E-state index contributed by atoms with van der Waals surface area (Å²) < 4.78 is 28.0. The van der Waals surface area contributed by atoms with Crippen LogP contribution in [0.25, 0.3) is 0 Å². The molecule has 1 fully saturated rings. The van der Waals surface area contributed by atoms with Crippen LogP contribution in [0, 0.1) is 0 Å². The molecule has 3 nitrogen and oxygen atoms in total. The molecule has 0 bridgehead atoms. The smallest absolute Gasteiger partial charge is 0.236 e. The molecule has 0 aromatic rings. The van der Waals surface area contributed by atoms with Crippen molar-refractivity contribution < 1.29 is 15.1 Å². The fraction of sp³-hybridized carbons (Fsp3) is 0.500. The molecule has 1 aliphatic heterocycles. The third-order valence-electron chi connectivity index (χ3n) is 0.515. The molecular formula is C4H5NO2S. The highest BCUT2D eigenvalue weighted by atomic mass is 32.2. The number of hydrogen-bond donors (Lipinski definition) is 1. The first-order valence-electron chi connectivity index (χ1n) is 3.82. The fourth-order valence-electron chi connectivity index (χ4n) is 0.272. The van der Waals surface area contributed by atoms with Crippen molar-refractivity contribution in [3.05, 3.63) is 0 Å². The van der Waals surface area contributed by atoms with Crippen LogP contribution >= 0.6 is 11.8 Å². The second-order valence-electron chi connectivity index (χ2n) is 1.09. The maximum atomic E-state index is 10.7. The lowest BCUT2D eigenvalue weighted by molar-refractivity contribution is -0.128. The van der Waals surface area contributed by atoms with Gasteiger partial charge in [0, 0.05) is 5.48 Å². The minimum Gasteiger partial charge on any atom is -0.295 e. The van der Waals surface area contributed by atoms with E-state index in [9.17, 15) is 9.59 Å². The van der Waals surface area contributed by atoms with Crippen molar-refractivity contribution in [2.45, 2.75) is 0 Å². The summed E-state index contributed by atoms with van der Waals surface area (Å²) in [6, 6.07) is 0. The van der Waals surface area contributed by atoms with Gasteiger partial charge in [-0.3, -0.25) is 14.9 Å². The lowest BCUT2D eigenvalue weighted by Crippen LogP contribution is -2.37. The monoisotopic (exact) mass is 135 g/mol. The fourth-order valence-corrected chi connectivity index (χ4v) is 0.611. The highest BCUT2D eigenvalue weighted by Crippen LogP contribution is 2.02. The van der Waals surface area contributed by atoms with Gasteiger partial charge in [-0.1, -0.05) is 0 Å². The normalized spacial score (nSPS) is 40.5. The summed E-state index contributed by atoms with van der Waals surface area (Å²) in [6.45, 7) is 0. The molecule has 0 aromatic heterocycles. The predicted molar refractivity (Wildman–Crippen MR) is 30.5 cm³/mol. The maximum Gasteiger partial charge on any atom is 0.236 e. The van der Waals surface area contributed by atoms with Crippen LogP contribution in [0.5, 0.6) is 0 Å². The molecule has 0 aromatic carbocycles. The average Bonchev–Trinajstić information content (AvgIpc) is 1.82. The Labute approximate surface area is 56.4 Å². The molecule has 8 heavy (non-hydrogen) atoms. The molecule has 4 heteroatoms. The second kappa shape index (κ2) is 2.17. The van der Waals surface area contributed by atoms with Crippen LogP contribution < -0.4 is 5.32 Å². The van der Waals surface area contributed by atoms with Crippen molar-refractivity contribution in [2.75, 3.05) is 11.4 Å². The zero-order chi connectivity index (χ0) is 9.57. The summed E-state index contributed by atoms with van der Waals surface area (Å²) in [5, 5.41) is 1.61. The molecule has 0 radical (unpaired) electrons. The topological polar surface area (TPSA) is 46.2 Å². The van der Waals surface area contributed by atoms with Crippen LogP contribution in [0.15, 0.2) is 0 Å². The quantitative estimate of drug-likeness (QED) is 0.450. The molecule has 44 valence electrons. The van der Waals surface area contributed by atoms with E-state index in [1.54, 1.807) is 5.32 Å². The molecule has 1 heterocycles. The van der Waals surface area contributed by atoms with Gasteiger partial charge in [0.05, 0.1) is 11.4 Å². The SMILES string of the molecule is [2H]C1([2H])SC([2H])([2H])C(=O)NC1=O. The van der Waals surface area contributed by atoms with Crippen LogP contribution in [0.1, 0.15) is 5.48 Å². The van der Waals surface area contributed by atoms with Crippen molar-refractivity contribution in [1.29, 1.82) is 0 Å². The summed E-state index contributed by atoms with van der Waals surface area (Å²) in [5.41, 5.74) is -4.76. The molecule has 0 unspecified atom stereocenters. The van der Waals surface area contributed by atoms with Gasteiger partial charge >= 0.3 is 0 Å². The number of imide groups is 1. The zero-order valence-corrected chi connectivity index (χ0v) is 4.54. The van der Waals surface area contributed by atoms with Crippen molar-refractivity contribution in [2.24, 2.45) is 0 Å². The van der Waals surface area contributed by atoms with Gasteiger partial charge in [0.1, 0.15) is 0 Å². The summed E-state index contributed by atoms with van der Waals surface area (Å²) in [5.74, 6) is -2.21. The van der Waals surface area contributed by atoms with Crippen LogP contribution in [-0.2, 0) is 9.59 Å². The van der Waals surface area contributed by atoms with E-state index in [1.165, 1.54) is 0 Å². The lowest BCUT2D eigenvalue weighted by Gasteiger charge is -2.07. The Morgan fingerprint density at radius 1 is 1.50 bits per heavy atom. The van der Waals surface area contributed by atoms with E-state index in [0.29, 0.717) is 0 Å². The molecule has 1 rings (SSSR count). The Morgan fingerprint density at radius 3 is 2.38 bits per heavy atom. The van der Waals surface area contributed by atoms with E-state index in [4.69, 9.17) is 5.48 Å². The van der Waals surface area contributed by atoms with Crippen LogP contribution in [0.3, 0.4) is 0 Å². The lowest BCUT2D eigenvalue weighted by atomic mass is 10.6. The maximum absolute atomic E-state index is 10.7. The number of carbonyl (C=O) groups is 2. The first kappa shape index (κ1) is 2.39. The summed E-state index contributed by atoms with van der Waals surface area (Å²) in [4.78, 5) is 21.4. The van der Waals surface area contributed by atoms with E-state index in [2.05, 4.69) is 0 Å². The third kappa shape index (κ3) is 1.23. The van der Waals surface area contributed by atoms with Gasteiger partial charge in [-0.15, -0.1) is 11.8 Å². The van der Waals surface area contributed by atoms with Crippen LogP contribution in [-0.4, -0.2) is 23.2 Å². The largest absolute Gasteiger partial charge is 0.295 e. The Morgan fingerprint density at radius 2 is 2.00 bits per heavy atom. The standard InChI is InChI=1S/C4H5NO2S/c6-3-1-8-2-4(7)5-3/h1-2H2,(H,5,6,7)/i1D2,2D2. The van der Waals surface area contributed by atoms with E-state index in [1.807, 2.05) is 0 Å². The van der Waals surface area contributed by atoms with Crippen molar-refractivity contribution in [1.82, 2.24) is 5.32 Å². The highest BCUT2D eigenvalue weighted by molar-refractivity contribution is 8.00. The summed E-state index contributed by atoms with van der Waals surface area (Å²) >= 11 is 0.0671. The number of hydrogen-bond acceptors (Lipinski definition) is 3. The molecule has 0 atom stereocenters. The minimum absolute atomic E-state index is 0.0671. The number of rotatable bonds is 0. The Balaban J connectivity index is 2.93. The first-order valence-corrected chi connectivity index (χ1v) is 2.63. The molecular weight excluding hydrogens is 126 g/mol. The zero-order valence-electron chi connectivity index (χ0n) is 7.72. The third-order valence-corrected chi connectivity index (χ3v) is 1.09. The van der Waals surface area contributed by atoms with Gasteiger partial charge in [0.2, 0.25) is 11.8 Å². The molecule has 0 saturated carbocycles. The molecule has 0 aliphatic carbocycles. The van der Waals surface area contributed by atoms with E-state index in [-0.39, 0.29) is 11.8 Å². The Hall–Kier alpha value is -0.510. The first-order chi connectivity index (χ1) is 5.26. The number of thioether (sulfide) groups is 1. The van der Waals surface area contributed by atoms with Crippen molar-refractivity contribution in [3.8, 4) is 0 Å². The van der Waals surface area contributed by atoms with E-state index < -0.39 is 23.2 Å². The second-order valence-corrected chi connectivity index (χ2v) is 1.70. The number of carbonyl (C=O) groups excluding carboxylic acids is 2. The van der Waals surface area contributed by atoms with E-state index >= 15 is 0 Å². The van der Waals surface area contributed by atoms with Crippen LogP contribution in [0.4, 0.5) is 0 Å². The van der Waals surface area contributed by atoms with Gasteiger partial charge in [-0.2, -0.15) is 0 Å². The molecule has 0 spiro atoms. The molecule has 1 aliphatic rings. The van der Waals surface area contributed by atoms with Gasteiger partial charge in [-0.25, -0.2) is 0 Å². The minimum atomic E-state index is -2.38. The Bertz CT molecular complexity index is 229. The predicted octanol–water partition coefficient (Wildman–Crippen LogP) is -0.624. The molecule has 1 N–H and O–H groups in total. The van der Waals surface area contributed by atoms with E-state index in [0.717, 1.165) is 0 Å². The summed E-state index contributed by atoms with van der Waals surface area (Å²) in [7, 11) is 0. The van der Waals surface area contributed by atoms with Gasteiger partial charge in [-0.05, 0) is 0 Å².